The molecule has 0 saturated heterocycles. The molecule has 82 valence electrons. The van der Waals surface area contributed by atoms with E-state index in [1.54, 1.807) is 13.8 Å². The van der Waals surface area contributed by atoms with Crippen LogP contribution in [0.5, 0.6) is 0 Å². The van der Waals surface area contributed by atoms with Crippen molar-refractivity contribution in [3.63, 3.8) is 0 Å². The molecule has 15 heavy (non-hydrogen) atoms. The van der Waals surface area contributed by atoms with E-state index in [-0.39, 0.29) is 17.9 Å². The summed E-state index contributed by atoms with van der Waals surface area (Å²) in [5.74, 6) is -0.554. The number of rotatable bonds is 4. The molecule has 0 aliphatic rings. The summed E-state index contributed by atoms with van der Waals surface area (Å²) in [6.07, 6.45) is 0. The molecule has 0 fully saturated rings. The van der Waals surface area contributed by atoms with Crippen LogP contribution in [0.2, 0.25) is 0 Å². The van der Waals surface area contributed by atoms with Gasteiger partial charge in [0.2, 0.25) is 0 Å². The average Bonchev–Trinajstić information content (AvgIpc) is 2.28. The first-order valence-corrected chi connectivity index (χ1v) is 5.14. The third kappa shape index (κ3) is 3.06. The van der Waals surface area contributed by atoms with Gasteiger partial charge in [-0.1, -0.05) is 37.3 Å². The van der Waals surface area contributed by atoms with Gasteiger partial charge in [-0.2, -0.15) is 0 Å². The predicted octanol–water partition coefficient (Wildman–Crippen LogP) is 1.89. The average molecular weight is 207 g/mol. The van der Waals surface area contributed by atoms with Crippen LogP contribution < -0.4 is 5.73 Å². The lowest BCUT2D eigenvalue weighted by Crippen LogP contribution is -2.27. The van der Waals surface area contributed by atoms with Gasteiger partial charge in [0.15, 0.2) is 0 Å². The zero-order chi connectivity index (χ0) is 11.3. The summed E-state index contributed by atoms with van der Waals surface area (Å²) in [5.41, 5.74) is 6.93. The number of benzene rings is 1. The highest BCUT2D eigenvalue weighted by atomic mass is 16.5. The molecule has 0 amide bonds. The first-order valence-electron chi connectivity index (χ1n) is 5.14. The van der Waals surface area contributed by atoms with Crippen molar-refractivity contribution in [2.45, 2.75) is 19.9 Å². The summed E-state index contributed by atoms with van der Waals surface area (Å²) in [6, 6.07) is 9.27. The van der Waals surface area contributed by atoms with Gasteiger partial charge in [-0.15, -0.1) is 0 Å². The van der Waals surface area contributed by atoms with Gasteiger partial charge in [-0.25, -0.2) is 0 Å². The minimum atomic E-state index is -0.313. The molecule has 1 aromatic carbocycles. The quantitative estimate of drug-likeness (QED) is 0.767. The molecule has 1 rings (SSSR count). The normalized spacial score (nSPS) is 14.3. The Morgan fingerprint density at radius 1 is 1.40 bits per heavy atom. The molecule has 0 spiro atoms. The summed E-state index contributed by atoms with van der Waals surface area (Å²) in [4.78, 5) is 11.5. The van der Waals surface area contributed by atoms with Crippen molar-refractivity contribution in [1.82, 2.24) is 0 Å². The molecule has 1 aromatic rings. The Kier molecular flexibility index (Phi) is 4.31. The Hall–Kier alpha value is -1.35. The lowest BCUT2D eigenvalue weighted by Gasteiger charge is -2.18. The van der Waals surface area contributed by atoms with Crippen molar-refractivity contribution < 1.29 is 9.53 Å². The molecule has 3 heteroatoms. The first kappa shape index (κ1) is 11.7. The number of esters is 1. The van der Waals surface area contributed by atoms with Gasteiger partial charge in [-0.05, 0) is 12.5 Å². The molecule has 2 N–H and O–H groups in total. The highest BCUT2D eigenvalue weighted by Crippen LogP contribution is 2.19. The van der Waals surface area contributed by atoms with Crippen LogP contribution in [-0.4, -0.2) is 12.6 Å². The van der Waals surface area contributed by atoms with Crippen molar-refractivity contribution in [3.05, 3.63) is 35.9 Å². The number of ether oxygens (including phenoxy) is 1. The molecule has 0 radical (unpaired) electrons. The van der Waals surface area contributed by atoms with Crippen molar-refractivity contribution in [1.29, 1.82) is 0 Å². The number of hydrogen-bond donors (Lipinski definition) is 1. The van der Waals surface area contributed by atoms with Gasteiger partial charge < -0.3 is 10.5 Å². The molecule has 0 aliphatic carbocycles. The Bertz CT molecular complexity index is 311. The first-order chi connectivity index (χ1) is 7.16. The van der Waals surface area contributed by atoms with Crippen molar-refractivity contribution in [2.75, 3.05) is 6.61 Å². The molecular formula is C12H17NO2. The van der Waals surface area contributed by atoms with Gasteiger partial charge in [0.1, 0.15) is 0 Å². The SMILES string of the molecule is CCOC(=O)C(C)C(N)c1ccccc1. The van der Waals surface area contributed by atoms with E-state index in [9.17, 15) is 4.79 Å². The summed E-state index contributed by atoms with van der Waals surface area (Å²) < 4.78 is 4.93. The van der Waals surface area contributed by atoms with Crippen molar-refractivity contribution in [3.8, 4) is 0 Å². The fourth-order valence-corrected chi connectivity index (χ4v) is 1.38. The van der Waals surface area contributed by atoms with Crippen molar-refractivity contribution >= 4 is 5.97 Å². The number of carbonyl (C=O) groups excluding carboxylic acids is 1. The van der Waals surface area contributed by atoms with Crippen LogP contribution in [0.4, 0.5) is 0 Å². The van der Waals surface area contributed by atoms with E-state index in [2.05, 4.69) is 0 Å². The number of carbonyl (C=O) groups is 1. The molecule has 0 aromatic heterocycles. The third-order valence-electron chi connectivity index (χ3n) is 2.38. The molecule has 0 saturated carbocycles. The van der Waals surface area contributed by atoms with E-state index in [1.165, 1.54) is 0 Å². The maximum Gasteiger partial charge on any atom is 0.310 e. The van der Waals surface area contributed by atoms with E-state index >= 15 is 0 Å². The zero-order valence-corrected chi connectivity index (χ0v) is 9.14. The molecule has 2 unspecified atom stereocenters. The lowest BCUT2D eigenvalue weighted by atomic mass is 9.96. The molecular weight excluding hydrogens is 190 g/mol. The minimum Gasteiger partial charge on any atom is -0.466 e. The second-order valence-corrected chi connectivity index (χ2v) is 3.48. The second-order valence-electron chi connectivity index (χ2n) is 3.48. The summed E-state index contributed by atoms with van der Waals surface area (Å²) in [5, 5.41) is 0. The largest absolute Gasteiger partial charge is 0.466 e. The van der Waals surface area contributed by atoms with Crippen LogP contribution in [0.3, 0.4) is 0 Å². The van der Waals surface area contributed by atoms with Crippen LogP contribution in [0.1, 0.15) is 25.5 Å². The fourth-order valence-electron chi connectivity index (χ4n) is 1.38. The van der Waals surface area contributed by atoms with E-state index in [0.717, 1.165) is 5.56 Å². The molecule has 0 aliphatic heterocycles. The topological polar surface area (TPSA) is 52.3 Å². The summed E-state index contributed by atoms with van der Waals surface area (Å²) >= 11 is 0. The second kappa shape index (κ2) is 5.51. The summed E-state index contributed by atoms with van der Waals surface area (Å²) in [7, 11) is 0. The maximum absolute atomic E-state index is 11.5. The van der Waals surface area contributed by atoms with E-state index in [1.807, 2.05) is 30.3 Å². The third-order valence-corrected chi connectivity index (χ3v) is 2.38. The maximum atomic E-state index is 11.5. The highest BCUT2D eigenvalue weighted by Gasteiger charge is 2.22. The molecule has 0 heterocycles. The monoisotopic (exact) mass is 207 g/mol. The van der Waals surface area contributed by atoms with Gasteiger partial charge in [-0.3, -0.25) is 4.79 Å². The highest BCUT2D eigenvalue weighted by molar-refractivity contribution is 5.73. The Labute approximate surface area is 90.2 Å². The van der Waals surface area contributed by atoms with E-state index in [0.29, 0.717) is 6.61 Å². The van der Waals surface area contributed by atoms with Gasteiger partial charge in [0.25, 0.3) is 0 Å². The minimum absolute atomic E-state index is 0.242. The van der Waals surface area contributed by atoms with Crippen LogP contribution >= 0.6 is 0 Å². The standard InChI is InChI=1S/C12H17NO2/c1-3-15-12(14)9(2)11(13)10-7-5-4-6-8-10/h4-9,11H,3,13H2,1-2H3. The Morgan fingerprint density at radius 2 is 2.00 bits per heavy atom. The Morgan fingerprint density at radius 3 is 2.53 bits per heavy atom. The van der Waals surface area contributed by atoms with Crippen molar-refractivity contribution in [2.24, 2.45) is 11.7 Å². The van der Waals surface area contributed by atoms with Crippen LogP contribution in [0.15, 0.2) is 30.3 Å². The van der Waals surface area contributed by atoms with Gasteiger partial charge in [0, 0.05) is 6.04 Å². The predicted molar refractivity (Wildman–Crippen MR) is 59.2 cm³/mol. The molecule has 3 nitrogen and oxygen atoms in total. The Balaban J connectivity index is 2.68. The fraction of sp³-hybridized carbons (Fsp3) is 0.417. The van der Waals surface area contributed by atoms with Crippen LogP contribution in [0, 0.1) is 5.92 Å². The van der Waals surface area contributed by atoms with Crippen LogP contribution in [0.25, 0.3) is 0 Å². The lowest BCUT2D eigenvalue weighted by molar-refractivity contribution is -0.148. The molecule has 2 atom stereocenters. The van der Waals surface area contributed by atoms with E-state index in [4.69, 9.17) is 10.5 Å². The summed E-state index contributed by atoms with van der Waals surface area (Å²) in [6.45, 7) is 3.97. The van der Waals surface area contributed by atoms with E-state index < -0.39 is 0 Å². The number of nitrogens with two attached hydrogens (primary N) is 1. The molecule has 0 bridgehead atoms. The van der Waals surface area contributed by atoms with Gasteiger partial charge >= 0.3 is 5.97 Å². The number of hydrogen-bond acceptors (Lipinski definition) is 3. The zero-order valence-electron chi connectivity index (χ0n) is 9.14. The van der Waals surface area contributed by atoms with Gasteiger partial charge in [0.05, 0.1) is 12.5 Å². The smallest absolute Gasteiger partial charge is 0.310 e. The van der Waals surface area contributed by atoms with Crippen LogP contribution in [-0.2, 0) is 9.53 Å².